The maximum atomic E-state index is 13.0. The largest absolute Gasteiger partial charge is 0.478 e. The fraction of sp³-hybridized carbons (Fsp3) is 0.471. The lowest BCUT2D eigenvalue weighted by Gasteiger charge is -2.39. The van der Waals surface area contributed by atoms with Crippen LogP contribution in [0.1, 0.15) is 130 Å². The number of nitrogens with two attached hydrogens (primary N) is 2. The average molecular weight is 1450 g/mol. The Morgan fingerprint density at radius 3 is 1.04 bits per heavy atom. The molecule has 3 aliphatic carbocycles. The number of sulfonamides is 3. The molecule has 97 heavy (non-hydrogen) atoms. The van der Waals surface area contributed by atoms with E-state index in [4.69, 9.17) is 59.9 Å². The first-order chi connectivity index (χ1) is 45.3. The van der Waals surface area contributed by atoms with Crippen LogP contribution in [0.2, 0.25) is 15.1 Å². The quantitative estimate of drug-likeness (QED) is 0.0566. The molecule has 0 bridgehead atoms. The number of nitrogens with zero attached hydrogens (tertiary/aromatic N) is 6. The number of aryl methyl sites for hydroxylation is 2. The summed E-state index contributed by atoms with van der Waals surface area (Å²) in [7, 11) is -11.9. The lowest BCUT2D eigenvalue weighted by Crippen LogP contribution is -2.44. The molecule has 23 nitrogen and oxygen atoms in total. The molecule has 6 fully saturated rings. The number of amides is 2. The summed E-state index contributed by atoms with van der Waals surface area (Å²) >= 11 is 18.5. The fourth-order valence-electron chi connectivity index (χ4n) is 11.1. The smallest absolute Gasteiger partial charge is 0.348 e. The molecule has 6 aromatic rings. The SMILES string of the molecule is CC1(C)CCN(c2ccc(Cl)cc2OC2(C(=O)NS(=O)(=O)c3cccc(N)n3)CC2)CC1.CC1(C)CCN(c2ccc(Cl)cc2OC2(C(=O)O)CC2)CC1.Cc1cccc(S(=O)(=O)NC(=O)C2(Oc3cc(Cl)ccc3N3CCC(C)(C)CC3)CC2)n1.Cc1cccc(S(N)(=O)=O)n1. The minimum atomic E-state index is -4.18. The predicted octanol–water partition coefficient (Wildman–Crippen LogP) is 11.4. The zero-order valence-electron chi connectivity index (χ0n) is 55.7. The third kappa shape index (κ3) is 19.4. The van der Waals surface area contributed by atoms with Gasteiger partial charge in [-0.3, -0.25) is 9.59 Å². The van der Waals surface area contributed by atoms with E-state index < -0.39 is 64.7 Å². The molecule has 2 amide bonds. The van der Waals surface area contributed by atoms with Gasteiger partial charge in [-0.15, -0.1) is 0 Å². The molecule has 12 rings (SSSR count). The summed E-state index contributed by atoms with van der Waals surface area (Å²) in [5.41, 5.74) is 6.83. The highest BCUT2D eigenvalue weighted by molar-refractivity contribution is 7.90. The molecule has 3 saturated carbocycles. The number of carbonyl (C=O) groups is 3. The molecular formula is C68H85Cl3N10O13S3. The lowest BCUT2D eigenvalue weighted by atomic mass is 9.82. The third-order valence-electron chi connectivity index (χ3n) is 18.2. The second-order valence-electron chi connectivity index (χ2n) is 27.9. The molecule has 0 radical (unpaired) electrons. The van der Waals surface area contributed by atoms with Gasteiger partial charge in [-0.1, -0.05) is 94.5 Å². The highest BCUT2D eigenvalue weighted by atomic mass is 35.5. The number of anilines is 4. The van der Waals surface area contributed by atoms with Crippen LogP contribution in [0.5, 0.6) is 17.2 Å². The van der Waals surface area contributed by atoms with Crippen molar-refractivity contribution in [3.63, 3.8) is 0 Å². The first kappa shape index (κ1) is 74.0. The summed E-state index contributed by atoms with van der Waals surface area (Å²) in [6, 6.07) is 29.8. The molecule has 0 atom stereocenters. The van der Waals surface area contributed by atoms with Crippen molar-refractivity contribution in [2.24, 2.45) is 21.4 Å². The van der Waals surface area contributed by atoms with Gasteiger partial charge in [0.15, 0.2) is 26.3 Å². The highest BCUT2D eigenvalue weighted by Crippen LogP contribution is 2.49. The number of carboxylic acids is 1. The lowest BCUT2D eigenvalue weighted by molar-refractivity contribution is -0.147. The van der Waals surface area contributed by atoms with Crippen LogP contribution in [-0.2, 0) is 44.5 Å². The molecule has 6 aliphatic rings. The first-order valence-electron chi connectivity index (χ1n) is 32.0. The number of hydrogen-bond donors (Lipinski definition) is 5. The maximum absolute atomic E-state index is 13.0. The first-order valence-corrected chi connectivity index (χ1v) is 37.7. The molecule has 524 valence electrons. The van der Waals surface area contributed by atoms with Crippen LogP contribution in [-0.4, -0.2) is 119 Å². The van der Waals surface area contributed by atoms with Crippen molar-refractivity contribution in [1.82, 2.24) is 24.4 Å². The zero-order valence-corrected chi connectivity index (χ0v) is 60.4. The highest BCUT2D eigenvalue weighted by Gasteiger charge is 2.57. The van der Waals surface area contributed by atoms with Gasteiger partial charge in [0.1, 0.15) is 23.1 Å². The van der Waals surface area contributed by atoms with Crippen molar-refractivity contribution >= 4 is 106 Å². The van der Waals surface area contributed by atoms with Crippen LogP contribution in [0, 0.1) is 30.1 Å². The van der Waals surface area contributed by atoms with Gasteiger partial charge >= 0.3 is 5.97 Å². The van der Waals surface area contributed by atoms with Crippen molar-refractivity contribution in [1.29, 1.82) is 0 Å². The van der Waals surface area contributed by atoms with E-state index in [1.807, 2.05) is 24.3 Å². The molecular weight excluding hydrogens is 1370 g/mol. The number of primary sulfonamides is 1. The van der Waals surface area contributed by atoms with Gasteiger partial charge in [0.05, 0.1) is 17.1 Å². The number of nitrogens with one attached hydrogen (secondary N) is 2. The Morgan fingerprint density at radius 1 is 0.454 bits per heavy atom. The number of nitrogen functional groups attached to an aromatic ring is 1. The maximum Gasteiger partial charge on any atom is 0.348 e. The van der Waals surface area contributed by atoms with Gasteiger partial charge in [-0.2, -0.15) is 16.8 Å². The van der Waals surface area contributed by atoms with Crippen LogP contribution in [0.25, 0.3) is 0 Å². The Morgan fingerprint density at radius 2 is 0.753 bits per heavy atom. The van der Waals surface area contributed by atoms with Gasteiger partial charge in [-0.25, -0.2) is 42.7 Å². The van der Waals surface area contributed by atoms with E-state index in [0.717, 1.165) is 94.9 Å². The van der Waals surface area contributed by atoms with E-state index in [9.17, 15) is 44.7 Å². The molecule has 6 heterocycles. The van der Waals surface area contributed by atoms with Crippen LogP contribution in [0.15, 0.2) is 124 Å². The Labute approximate surface area is 583 Å². The van der Waals surface area contributed by atoms with E-state index >= 15 is 0 Å². The molecule has 3 aromatic carbocycles. The van der Waals surface area contributed by atoms with Crippen LogP contribution in [0.3, 0.4) is 0 Å². The Kier molecular flexibility index (Phi) is 22.1. The number of carbonyl (C=O) groups excluding carboxylic acids is 2. The minimum Gasteiger partial charge on any atom is -0.478 e. The van der Waals surface area contributed by atoms with E-state index in [2.05, 4.69) is 80.6 Å². The summed E-state index contributed by atoms with van der Waals surface area (Å²) in [4.78, 5) is 55.6. The summed E-state index contributed by atoms with van der Waals surface area (Å²) in [5, 5.41) is 15.1. The van der Waals surface area contributed by atoms with Gasteiger partial charge in [0.25, 0.3) is 41.9 Å². The van der Waals surface area contributed by atoms with Crippen LogP contribution < -0.4 is 49.2 Å². The van der Waals surface area contributed by atoms with Crippen molar-refractivity contribution in [3.05, 3.63) is 136 Å². The summed E-state index contributed by atoms with van der Waals surface area (Å²) in [6.07, 6.45) is 9.14. The third-order valence-corrected chi connectivity index (χ3v) is 22.1. The number of carboxylic acid groups (broad SMARTS) is 1. The van der Waals surface area contributed by atoms with Crippen molar-refractivity contribution < 1.29 is 59.0 Å². The molecule has 3 saturated heterocycles. The summed E-state index contributed by atoms with van der Waals surface area (Å²) in [6.45, 7) is 22.4. The topological polar surface area (TPSA) is 326 Å². The van der Waals surface area contributed by atoms with Crippen molar-refractivity contribution in [3.8, 4) is 17.2 Å². The molecule has 7 N–H and O–H groups in total. The van der Waals surface area contributed by atoms with Crippen molar-refractivity contribution in [2.45, 2.75) is 164 Å². The van der Waals surface area contributed by atoms with E-state index in [-0.39, 0.29) is 26.3 Å². The average Bonchev–Trinajstić information content (AvgIpc) is 1.65. The van der Waals surface area contributed by atoms with Gasteiger partial charge in [-0.05, 0) is 141 Å². The molecule has 3 aromatic heterocycles. The number of pyridine rings is 3. The number of ether oxygens (including phenoxy) is 3. The second-order valence-corrected chi connectivity index (χ2v) is 34.0. The Bertz CT molecular complexity index is 4070. The fourth-order valence-corrected chi connectivity index (χ4v) is 14.2. The van der Waals surface area contributed by atoms with Gasteiger partial charge < -0.3 is 39.8 Å². The molecule has 0 spiro atoms. The zero-order chi connectivity index (χ0) is 70.7. The van der Waals surface area contributed by atoms with Crippen molar-refractivity contribution in [2.75, 3.05) is 59.7 Å². The number of aromatic nitrogens is 3. The summed E-state index contributed by atoms with van der Waals surface area (Å²) in [5.74, 6) is -0.699. The number of halogens is 3. The number of piperidine rings is 3. The molecule has 29 heteroatoms. The van der Waals surface area contributed by atoms with Crippen LogP contribution >= 0.6 is 34.8 Å². The van der Waals surface area contributed by atoms with E-state index in [0.29, 0.717) is 93.1 Å². The molecule has 0 unspecified atom stereocenters. The minimum absolute atomic E-state index is 0.0472. The van der Waals surface area contributed by atoms with Gasteiger partial charge in [0, 0.05) is 122 Å². The normalized spacial score (nSPS) is 19.1. The molecule has 3 aliphatic heterocycles. The van der Waals surface area contributed by atoms with Crippen LogP contribution in [0.4, 0.5) is 22.9 Å². The number of aliphatic carboxylic acids is 1. The predicted molar refractivity (Wildman–Crippen MR) is 374 cm³/mol. The number of benzene rings is 3. The van der Waals surface area contributed by atoms with E-state index in [1.54, 1.807) is 68.4 Å². The summed E-state index contributed by atoms with van der Waals surface area (Å²) < 4.78 is 94.4. The Hall–Kier alpha value is -7.20. The van der Waals surface area contributed by atoms with E-state index in [1.165, 1.54) is 30.3 Å². The Balaban J connectivity index is 0.000000160. The number of rotatable bonds is 17. The number of hydrogen-bond acceptors (Lipinski definition) is 19. The second kappa shape index (κ2) is 28.9. The van der Waals surface area contributed by atoms with Gasteiger partial charge in [0.2, 0.25) is 5.60 Å². The monoisotopic (exact) mass is 1450 g/mol. The standard InChI is InChI=1S/C23H28ClN3O4S.C22H27ClN4O4S.C17H22ClNO3.C6H8N2O2S/c1-16-5-4-6-20(25-16)32(29,30)26-21(28)23(9-10-23)31-19-15-17(24)7-8-18(19)27-13-11-22(2,3)12-14-27;1-21(2)10-12-27(13-11-21)16-7-6-15(23)14-17(16)31-22(8-9-22)20(28)26-32(29,30)19-5-3-4-18(24)25-19;1-16(2)7-9-19(10-8-16)13-4-3-12(18)11-14(13)22-17(5-6-17)15(20)21;1-5-3-2-4-6(8-5)11(7,9)10/h4-8,15H,9-14H2,1-3H3,(H,26,28);3-7,14H,8-13H2,1-2H3,(H2,24,25)(H,26,28);3-4,11H,5-10H2,1-2H3,(H,20,21);2-4H,1H3,(H2,7,9,10).